The Morgan fingerprint density at radius 3 is 2.50 bits per heavy atom. The molecule has 6 nitrogen and oxygen atoms in total. The molecule has 0 saturated carbocycles. The summed E-state index contributed by atoms with van der Waals surface area (Å²) in [5.74, 6) is 0.387. The second kappa shape index (κ2) is 4.89. The minimum absolute atomic E-state index is 0.275. The summed E-state index contributed by atoms with van der Waals surface area (Å²) >= 11 is 0. The van der Waals surface area contributed by atoms with Crippen LogP contribution in [0.15, 0.2) is 6.07 Å². The predicted octanol–water partition coefficient (Wildman–Crippen LogP) is -0.301. The van der Waals surface area contributed by atoms with Crippen LogP contribution in [0, 0.1) is 13.8 Å². The Morgan fingerprint density at radius 1 is 1.33 bits per heavy atom. The molecule has 2 heterocycles. The molecule has 1 atom stereocenters. The predicted molar refractivity (Wildman–Crippen MR) is 69.3 cm³/mol. The van der Waals surface area contributed by atoms with Crippen molar-refractivity contribution in [1.82, 2.24) is 14.9 Å². The number of nitrogens with two attached hydrogens (primary N) is 1. The molecule has 0 spiro atoms. The number of aromatic nitrogens is 2. The van der Waals surface area contributed by atoms with Gasteiger partial charge < -0.3 is 10.6 Å². The Bertz CT molecular complexity index is 442. The van der Waals surface area contributed by atoms with E-state index in [-0.39, 0.29) is 11.9 Å². The summed E-state index contributed by atoms with van der Waals surface area (Å²) in [5, 5.41) is 0. The van der Waals surface area contributed by atoms with E-state index in [1.54, 1.807) is 0 Å². The van der Waals surface area contributed by atoms with Gasteiger partial charge in [-0.25, -0.2) is 9.97 Å². The number of piperazine rings is 1. The Kier molecular flexibility index (Phi) is 3.47. The van der Waals surface area contributed by atoms with Gasteiger partial charge >= 0.3 is 0 Å². The lowest BCUT2D eigenvalue weighted by Crippen LogP contribution is -2.57. The van der Waals surface area contributed by atoms with Crippen molar-refractivity contribution >= 4 is 11.9 Å². The fourth-order valence-corrected chi connectivity index (χ4v) is 2.21. The molecule has 1 aromatic heterocycles. The molecule has 1 aliphatic rings. The third-order valence-electron chi connectivity index (χ3n) is 3.23. The molecule has 1 unspecified atom stereocenters. The number of carbonyl (C=O) groups excluding carboxylic acids is 1. The minimum Gasteiger partial charge on any atom is -0.368 e. The highest BCUT2D eigenvalue weighted by molar-refractivity contribution is 5.80. The quantitative estimate of drug-likeness (QED) is 0.779. The fourth-order valence-electron chi connectivity index (χ4n) is 2.21. The summed E-state index contributed by atoms with van der Waals surface area (Å²) in [6.07, 6.45) is 0. The van der Waals surface area contributed by atoms with Crippen molar-refractivity contribution in [3.63, 3.8) is 0 Å². The third-order valence-corrected chi connectivity index (χ3v) is 3.23. The van der Waals surface area contributed by atoms with Crippen LogP contribution in [0.5, 0.6) is 0 Å². The van der Waals surface area contributed by atoms with Crippen molar-refractivity contribution in [2.24, 2.45) is 5.73 Å². The van der Waals surface area contributed by atoms with Crippen LogP contribution >= 0.6 is 0 Å². The van der Waals surface area contributed by atoms with E-state index >= 15 is 0 Å². The lowest BCUT2D eigenvalue weighted by molar-refractivity contribution is -0.122. The molecule has 0 radical (unpaired) electrons. The van der Waals surface area contributed by atoms with Crippen molar-refractivity contribution in [3.05, 3.63) is 17.5 Å². The van der Waals surface area contributed by atoms with Gasteiger partial charge in [-0.1, -0.05) is 0 Å². The maximum atomic E-state index is 11.4. The normalized spacial score (nSPS) is 21.1. The van der Waals surface area contributed by atoms with Crippen LogP contribution in [0.2, 0.25) is 0 Å². The van der Waals surface area contributed by atoms with Crippen molar-refractivity contribution in [2.45, 2.75) is 19.9 Å². The summed E-state index contributed by atoms with van der Waals surface area (Å²) < 4.78 is 0. The van der Waals surface area contributed by atoms with Gasteiger partial charge in [-0.3, -0.25) is 9.69 Å². The highest BCUT2D eigenvalue weighted by Gasteiger charge is 2.29. The SMILES string of the molecule is Cc1cc(C)nc(N2CCN(C)C(C(N)=O)C2)n1. The second-order valence-corrected chi connectivity index (χ2v) is 4.80. The van der Waals surface area contributed by atoms with Gasteiger partial charge in [0.25, 0.3) is 0 Å². The minimum atomic E-state index is -0.299. The molecule has 1 fully saturated rings. The number of amides is 1. The smallest absolute Gasteiger partial charge is 0.236 e. The number of primary amides is 1. The molecule has 1 amide bonds. The first-order valence-electron chi connectivity index (χ1n) is 6.04. The summed E-state index contributed by atoms with van der Waals surface area (Å²) in [4.78, 5) is 24.2. The number of anilines is 1. The second-order valence-electron chi connectivity index (χ2n) is 4.80. The summed E-state index contributed by atoms with van der Waals surface area (Å²) in [6.45, 7) is 6.03. The van der Waals surface area contributed by atoms with E-state index in [0.717, 1.165) is 24.5 Å². The Balaban J connectivity index is 2.21. The van der Waals surface area contributed by atoms with Crippen LogP contribution < -0.4 is 10.6 Å². The first kappa shape index (κ1) is 12.8. The number of nitrogens with zero attached hydrogens (tertiary/aromatic N) is 4. The van der Waals surface area contributed by atoms with Crippen LogP contribution in [-0.2, 0) is 4.79 Å². The first-order valence-corrected chi connectivity index (χ1v) is 6.04. The maximum absolute atomic E-state index is 11.4. The summed E-state index contributed by atoms with van der Waals surface area (Å²) in [7, 11) is 1.91. The van der Waals surface area contributed by atoms with E-state index in [1.807, 2.05) is 36.8 Å². The van der Waals surface area contributed by atoms with E-state index in [9.17, 15) is 4.79 Å². The van der Waals surface area contributed by atoms with Crippen LogP contribution in [0.4, 0.5) is 5.95 Å². The van der Waals surface area contributed by atoms with Gasteiger partial charge in [0.1, 0.15) is 6.04 Å². The molecule has 18 heavy (non-hydrogen) atoms. The largest absolute Gasteiger partial charge is 0.368 e. The number of rotatable bonds is 2. The molecular formula is C12H19N5O. The number of hydrogen-bond acceptors (Lipinski definition) is 5. The lowest BCUT2D eigenvalue weighted by Gasteiger charge is -2.37. The van der Waals surface area contributed by atoms with Crippen molar-refractivity contribution in [1.29, 1.82) is 0 Å². The Hall–Kier alpha value is -1.69. The summed E-state index contributed by atoms with van der Waals surface area (Å²) in [6, 6.07) is 1.66. The van der Waals surface area contributed by atoms with Crippen molar-refractivity contribution < 1.29 is 4.79 Å². The highest BCUT2D eigenvalue weighted by Crippen LogP contribution is 2.15. The lowest BCUT2D eigenvalue weighted by atomic mass is 10.2. The monoisotopic (exact) mass is 249 g/mol. The van der Waals surface area contributed by atoms with Crippen LogP contribution in [-0.4, -0.2) is 53.5 Å². The number of aryl methyl sites for hydroxylation is 2. The molecule has 98 valence electrons. The Labute approximate surface area is 107 Å². The number of hydrogen-bond donors (Lipinski definition) is 1. The van der Waals surface area contributed by atoms with E-state index in [4.69, 9.17) is 5.73 Å². The molecule has 1 saturated heterocycles. The van der Waals surface area contributed by atoms with E-state index in [2.05, 4.69) is 9.97 Å². The molecule has 1 aliphatic heterocycles. The van der Waals surface area contributed by atoms with Gasteiger partial charge in [0, 0.05) is 31.0 Å². The average molecular weight is 249 g/mol. The van der Waals surface area contributed by atoms with Crippen LogP contribution in [0.1, 0.15) is 11.4 Å². The van der Waals surface area contributed by atoms with E-state index in [1.165, 1.54) is 0 Å². The topological polar surface area (TPSA) is 75.3 Å². The number of likely N-dealkylation sites (N-methyl/N-ethyl adjacent to an activating group) is 1. The van der Waals surface area contributed by atoms with Gasteiger partial charge in [0.05, 0.1) is 0 Å². The first-order chi connectivity index (χ1) is 8.47. The number of carbonyl (C=O) groups is 1. The molecule has 6 heteroatoms. The Morgan fingerprint density at radius 2 is 1.94 bits per heavy atom. The standard InChI is InChI=1S/C12H19N5O/c1-8-6-9(2)15-12(14-8)17-5-4-16(3)10(7-17)11(13)18/h6,10H,4-5,7H2,1-3H3,(H2,13,18). The molecule has 2 N–H and O–H groups in total. The van der Waals surface area contributed by atoms with Gasteiger partial charge in [-0.2, -0.15) is 0 Å². The van der Waals surface area contributed by atoms with E-state index < -0.39 is 0 Å². The third kappa shape index (κ3) is 2.59. The maximum Gasteiger partial charge on any atom is 0.236 e. The molecule has 0 aromatic carbocycles. The molecule has 2 rings (SSSR count). The van der Waals surface area contributed by atoms with Crippen molar-refractivity contribution in [2.75, 3.05) is 31.6 Å². The van der Waals surface area contributed by atoms with Crippen molar-refractivity contribution in [3.8, 4) is 0 Å². The van der Waals surface area contributed by atoms with E-state index in [0.29, 0.717) is 12.5 Å². The fraction of sp³-hybridized carbons (Fsp3) is 0.583. The van der Waals surface area contributed by atoms with Gasteiger partial charge in [-0.05, 0) is 27.0 Å². The van der Waals surface area contributed by atoms with Gasteiger partial charge in [-0.15, -0.1) is 0 Å². The highest BCUT2D eigenvalue weighted by atomic mass is 16.1. The summed E-state index contributed by atoms with van der Waals surface area (Å²) in [5.41, 5.74) is 7.28. The molecule has 0 bridgehead atoms. The van der Waals surface area contributed by atoms with Crippen LogP contribution in [0.25, 0.3) is 0 Å². The van der Waals surface area contributed by atoms with Gasteiger partial charge in [0.2, 0.25) is 11.9 Å². The molecule has 1 aromatic rings. The van der Waals surface area contributed by atoms with Crippen LogP contribution in [0.3, 0.4) is 0 Å². The average Bonchev–Trinajstić information content (AvgIpc) is 2.27. The molecule has 0 aliphatic carbocycles. The molecular weight excluding hydrogens is 230 g/mol. The zero-order valence-electron chi connectivity index (χ0n) is 11.1. The van der Waals surface area contributed by atoms with Gasteiger partial charge in [0.15, 0.2) is 0 Å². The zero-order chi connectivity index (χ0) is 13.3. The zero-order valence-corrected chi connectivity index (χ0v) is 11.1.